The van der Waals surface area contributed by atoms with Gasteiger partial charge < -0.3 is 13.9 Å². The number of rotatable bonds is 4. The Balaban J connectivity index is 2.46. The molecule has 7 heteroatoms. The highest BCUT2D eigenvalue weighted by atomic mass is 19.4. The molecule has 1 aromatic carbocycles. The van der Waals surface area contributed by atoms with Crippen molar-refractivity contribution in [3.63, 3.8) is 0 Å². The van der Waals surface area contributed by atoms with Gasteiger partial charge in [0.25, 0.3) is 0 Å². The topological polar surface area (TPSA) is 48.7 Å². The summed E-state index contributed by atoms with van der Waals surface area (Å²) in [6.07, 6.45) is -4.62. The van der Waals surface area contributed by atoms with Gasteiger partial charge in [-0.2, -0.15) is 13.2 Å². The second-order valence-corrected chi connectivity index (χ2v) is 3.89. The summed E-state index contributed by atoms with van der Waals surface area (Å²) in [4.78, 5) is 11.2. The molecular formula is C13H11F3O4. The van der Waals surface area contributed by atoms with Crippen molar-refractivity contribution in [2.45, 2.75) is 13.1 Å². The molecule has 0 saturated carbocycles. The lowest BCUT2D eigenvalue weighted by Gasteiger charge is -2.10. The van der Waals surface area contributed by atoms with Crippen LogP contribution in [0.1, 0.15) is 12.5 Å². The van der Waals surface area contributed by atoms with Gasteiger partial charge in [0, 0.05) is 24.1 Å². The van der Waals surface area contributed by atoms with Gasteiger partial charge >= 0.3 is 11.8 Å². The second-order valence-electron chi connectivity index (χ2n) is 3.89. The minimum Gasteiger partial charge on any atom is -0.467 e. The molecule has 0 N–H and O–H groups in total. The van der Waals surface area contributed by atoms with Gasteiger partial charge in [0.05, 0.1) is 5.56 Å². The van der Waals surface area contributed by atoms with Crippen molar-refractivity contribution < 1.29 is 27.1 Å². The van der Waals surface area contributed by atoms with Crippen molar-refractivity contribution in [3.05, 3.63) is 40.2 Å². The Bertz CT molecular complexity index is 661. The zero-order valence-electron chi connectivity index (χ0n) is 10.5. The van der Waals surface area contributed by atoms with E-state index in [0.717, 1.165) is 0 Å². The third kappa shape index (κ3) is 3.11. The van der Waals surface area contributed by atoms with Crippen molar-refractivity contribution in [2.75, 3.05) is 13.4 Å². The smallest absolute Gasteiger partial charge is 0.417 e. The largest absolute Gasteiger partial charge is 0.467 e. The molecule has 0 aliphatic rings. The first kappa shape index (κ1) is 14.4. The van der Waals surface area contributed by atoms with Crippen molar-refractivity contribution in [1.82, 2.24) is 0 Å². The van der Waals surface area contributed by atoms with Gasteiger partial charge in [-0.15, -0.1) is 0 Å². The van der Waals surface area contributed by atoms with Gasteiger partial charge in [-0.3, -0.25) is 0 Å². The Morgan fingerprint density at radius 2 is 2.00 bits per heavy atom. The SMILES string of the molecule is CCOCOc1ccc2c(C(F)(F)F)cc(=O)oc2c1. The van der Waals surface area contributed by atoms with Crippen molar-refractivity contribution >= 4 is 11.0 Å². The number of hydrogen-bond donors (Lipinski definition) is 0. The van der Waals surface area contributed by atoms with Crippen molar-refractivity contribution in [2.24, 2.45) is 0 Å². The number of ether oxygens (including phenoxy) is 2. The van der Waals surface area contributed by atoms with E-state index in [1.807, 2.05) is 0 Å². The number of benzene rings is 1. The molecule has 0 bridgehead atoms. The molecule has 0 radical (unpaired) electrons. The van der Waals surface area contributed by atoms with Crippen molar-refractivity contribution in [3.8, 4) is 5.75 Å². The van der Waals surface area contributed by atoms with Crippen LogP contribution in [0.4, 0.5) is 13.2 Å². The minimum atomic E-state index is -4.62. The standard InChI is InChI=1S/C13H11F3O4/c1-2-18-7-19-8-3-4-9-10(13(14,15)16)6-12(17)20-11(9)5-8/h3-6H,2,7H2,1H3. The monoisotopic (exact) mass is 288 g/mol. The number of halogens is 3. The molecule has 1 heterocycles. The summed E-state index contributed by atoms with van der Waals surface area (Å²) in [5, 5.41) is -0.194. The summed E-state index contributed by atoms with van der Waals surface area (Å²) in [5.41, 5.74) is -2.27. The molecular weight excluding hydrogens is 277 g/mol. The van der Waals surface area contributed by atoms with Gasteiger partial charge in [0.15, 0.2) is 6.79 Å². The second kappa shape index (κ2) is 5.54. The molecule has 0 aliphatic heterocycles. The van der Waals surface area contributed by atoms with Gasteiger partial charge in [0.1, 0.15) is 11.3 Å². The van der Waals surface area contributed by atoms with Crippen LogP contribution in [0.5, 0.6) is 5.75 Å². The van der Waals surface area contributed by atoms with E-state index in [9.17, 15) is 18.0 Å². The lowest BCUT2D eigenvalue weighted by molar-refractivity contribution is -0.136. The molecule has 2 aromatic rings. The van der Waals surface area contributed by atoms with Crippen LogP contribution in [0.25, 0.3) is 11.0 Å². The summed E-state index contributed by atoms with van der Waals surface area (Å²) in [6.45, 7) is 2.19. The van der Waals surface area contributed by atoms with E-state index in [1.165, 1.54) is 18.2 Å². The predicted octanol–water partition coefficient (Wildman–Crippen LogP) is 3.18. The van der Waals surface area contributed by atoms with E-state index in [0.29, 0.717) is 12.7 Å². The Hall–Kier alpha value is -2.02. The first-order valence-corrected chi connectivity index (χ1v) is 5.77. The highest BCUT2D eigenvalue weighted by Gasteiger charge is 2.33. The molecule has 1 aromatic heterocycles. The molecule has 20 heavy (non-hydrogen) atoms. The van der Waals surface area contributed by atoms with Crippen LogP contribution in [-0.2, 0) is 10.9 Å². The Morgan fingerprint density at radius 3 is 2.65 bits per heavy atom. The molecule has 0 unspecified atom stereocenters. The van der Waals surface area contributed by atoms with Crippen molar-refractivity contribution in [1.29, 1.82) is 0 Å². The molecule has 108 valence electrons. The highest BCUT2D eigenvalue weighted by molar-refractivity contribution is 5.82. The van der Waals surface area contributed by atoms with E-state index in [-0.39, 0.29) is 23.5 Å². The maximum absolute atomic E-state index is 12.8. The van der Waals surface area contributed by atoms with E-state index in [4.69, 9.17) is 13.9 Å². The van der Waals surface area contributed by atoms with E-state index in [1.54, 1.807) is 6.92 Å². The molecule has 0 spiro atoms. The van der Waals surface area contributed by atoms with Crippen LogP contribution in [0.15, 0.2) is 33.5 Å². The molecule has 4 nitrogen and oxygen atoms in total. The molecule has 0 atom stereocenters. The van der Waals surface area contributed by atoms with Gasteiger partial charge in [0.2, 0.25) is 0 Å². The summed E-state index contributed by atoms with van der Waals surface area (Å²) in [7, 11) is 0. The third-order valence-electron chi connectivity index (χ3n) is 2.53. The van der Waals surface area contributed by atoms with E-state index >= 15 is 0 Å². The van der Waals surface area contributed by atoms with Crippen LogP contribution in [0, 0.1) is 0 Å². The van der Waals surface area contributed by atoms with Gasteiger partial charge in [-0.05, 0) is 19.1 Å². The van der Waals surface area contributed by atoms with Crippen LogP contribution < -0.4 is 10.4 Å². The van der Waals surface area contributed by atoms with Gasteiger partial charge in [-0.25, -0.2) is 4.79 Å². The normalized spacial score (nSPS) is 11.8. The van der Waals surface area contributed by atoms with Crippen LogP contribution in [0.2, 0.25) is 0 Å². The highest BCUT2D eigenvalue weighted by Crippen LogP contribution is 2.34. The lowest BCUT2D eigenvalue weighted by Crippen LogP contribution is -2.11. The first-order chi connectivity index (χ1) is 9.41. The average molecular weight is 288 g/mol. The number of alkyl halides is 3. The van der Waals surface area contributed by atoms with E-state index < -0.39 is 17.4 Å². The quantitative estimate of drug-likeness (QED) is 0.492. The number of hydrogen-bond acceptors (Lipinski definition) is 4. The summed E-state index contributed by atoms with van der Waals surface area (Å²) in [5.74, 6) is 0.258. The Labute approximate surface area is 111 Å². The Morgan fingerprint density at radius 1 is 1.25 bits per heavy atom. The predicted molar refractivity (Wildman–Crippen MR) is 64.6 cm³/mol. The van der Waals surface area contributed by atoms with Crippen LogP contribution in [-0.4, -0.2) is 13.4 Å². The molecule has 0 aliphatic carbocycles. The zero-order chi connectivity index (χ0) is 14.8. The van der Waals surface area contributed by atoms with Gasteiger partial charge in [-0.1, -0.05) is 0 Å². The maximum atomic E-state index is 12.8. The maximum Gasteiger partial charge on any atom is 0.417 e. The summed E-state index contributed by atoms with van der Waals surface area (Å²) < 4.78 is 53.3. The number of fused-ring (bicyclic) bond motifs is 1. The van der Waals surface area contributed by atoms with Crippen LogP contribution >= 0.6 is 0 Å². The zero-order valence-corrected chi connectivity index (χ0v) is 10.5. The minimum absolute atomic E-state index is 0.0365. The Kier molecular flexibility index (Phi) is 3.99. The summed E-state index contributed by atoms with van der Waals surface area (Å²) in [6, 6.07) is 4.22. The van der Waals surface area contributed by atoms with Crippen LogP contribution in [0.3, 0.4) is 0 Å². The lowest BCUT2D eigenvalue weighted by atomic mass is 10.1. The molecule has 0 fully saturated rings. The average Bonchev–Trinajstić information content (AvgIpc) is 2.36. The molecule has 2 rings (SSSR count). The molecule has 0 saturated heterocycles. The third-order valence-corrected chi connectivity index (χ3v) is 2.53. The fourth-order valence-corrected chi connectivity index (χ4v) is 1.66. The van der Waals surface area contributed by atoms with E-state index in [2.05, 4.69) is 0 Å². The fraction of sp³-hybridized carbons (Fsp3) is 0.308. The molecule has 0 amide bonds. The summed E-state index contributed by atoms with van der Waals surface area (Å²) >= 11 is 0. The fourth-order valence-electron chi connectivity index (χ4n) is 1.66. The first-order valence-electron chi connectivity index (χ1n) is 5.77.